The van der Waals surface area contributed by atoms with E-state index in [0.717, 1.165) is 16.7 Å². The molecule has 0 aliphatic carbocycles. The van der Waals surface area contributed by atoms with Crippen molar-refractivity contribution < 1.29 is 4.79 Å². The van der Waals surface area contributed by atoms with E-state index >= 15 is 0 Å². The Morgan fingerprint density at radius 1 is 1.12 bits per heavy atom. The first-order chi connectivity index (χ1) is 7.68. The lowest BCUT2D eigenvalue weighted by Crippen LogP contribution is -2.04. The molecule has 0 radical (unpaired) electrons. The molecule has 0 aliphatic heterocycles. The summed E-state index contributed by atoms with van der Waals surface area (Å²) in [7, 11) is 0. The van der Waals surface area contributed by atoms with Gasteiger partial charge >= 0.3 is 0 Å². The molecule has 0 fully saturated rings. The lowest BCUT2D eigenvalue weighted by Gasteiger charge is -2.04. The zero-order chi connectivity index (χ0) is 11.5. The molecule has 80 valence electrons. The number of hydrogen-bond acceptors (Lipinski definition) is 2. The average molecular weight is 211 g/mol. The van der Waals surface area contributed by atoms with Crippen LogP contribution in [0.25, 0.3) is 0 Å². The molecule has 0 aliphatic rings. The Hall–Kier alpha value is -1.96. The molecule has 2 heteroatoms. The molecule has 0 amide bonds. The van der Waals surface area contributed by atoms with E-state index in [1.165, 1.54) is 0 Å². The zero-order valence-electron chi connectivity index (χ0n) is 9.40. The second-order valence-electron chi connectivity index (χ2n) is 3.90. The van der Waals surface area contributed by atoms with Crippen molar-refractivity contribution in [2.45, 2.75) is 13.8 Å². The summed E-state index contributed by atoms with van der Waals surface area (Å²) < 4.78 is 0. The number of nitrogens with zero attached hydrogens (tertiary/aromatic N) is 1. The van der Waals surface area contributed by atoms with Crippen LogP contribution < -0.4 is 0 Å². The smallest absolute Gasteiger partial charge is 0.194 e. The average Bonchev–Trinajstić information content (AvgIpc) is 2.29. The van der Waals surface area contributed by atoms with Crippen LogP contribution in [0.15, 0.2) is 42.7 Å². The minimum atomic E-state index is 0.0364. The Morgan fingerprint density at radius 3 is 2.56 bits per heavy atom. The molecule has 2 nitrogen and oxygen atoms in total. The lowest BCUT2D eigenvalue weighted by molar-refractivity contribution is 0.103. The predicted molar refractivity (Wildman–Crippen MR) is 63.6 cm³/mol. The van der Waals surface area contributed by atoms with Crippen molar-refractivity contribution in [1.29, 1.82) is 0 Å². The molecule has 0 bridgehead atoms. The Morgan fingerprint density at radius 2 is 1.88 bits per heavy atom. The van der Waals surface area contributed by atoms with E-state index in [9.17, 15) is 4.79 Å². The first-order valence-electron chi connectivity index (χ1n) is 5.20. The zero-order valence-corrected chi connectivity index (χ0v) is 9.40. The Labute approximate surface area is 95.0 Å². The number of aryl methyl sites for hydroxylation is 2. The lowest BCUT2D eigenvalue weighted by atomic mass is 10.00. The summed E-state index contributed by atoms with van der Waals surface area (Å²) in [4.78, 5) is 16.2. The normalized spacial score (nSPS) is 10.1. The first-order valence-corrected chi connectivity index (χ1v) is 5.20. The van der Waals surface area contributed by atoms with Gasteiger partial charge < -0.3 is 0 Å². The third-order valence-corrected chi connectivity index (χ3v) is 2.53. The monoisotopic (exact) mass is 211 g/mol. The predicted octanol–water partition coefficient (Wildman–Crippen LogP) is 2.93. The molecule has 1 aromatic carbocycles. The van der Waals surface area contributed by atoms with Crippen LogP contribution in [0.5, 0.6) is 0 Å². The van der Waals surface area contributed by atoms with Gasteiger partial charge in [0, 0.05) is 23.5 Å². The van der Waals surface area contributed by atoms with E-state index in [1.54, 1.807) is 12.4 Å². The van der Waals surface area contributed by atoms with Crippen LogP contribution in [-0.4, -0.2) is 10.8 Å². The number of ketones is 1. The van der Waals surface area contributed by atoms with Crippen LogP contribution in [0.3, 0.4) is 0 Å². The third kappa shape index (κ3) is 2.01. The standard InChI is InChI=1S/C14H13NO/c1-10-7-12(9-15-8-10)14(16)13-6-4-3-5-11(13)2/h3-9H,1-2H3. The summed E-state index contributed by atoms with van der Waals surface area (Å²) in [5, 5.41) is 0. The first kappa shape index (κ1) is 10.6. The quantitative estimate of drug-likeness (QED) is 0.715. The largest absolute Gasteiger partial charge is 0.289 e. The summed E-state index contributed by atoms with van der Waals surface area (Å²) in [5.41, 5.74) is 3.39. The fourth-order valence-electron chi connectivity index (χ4n) is 1.66. The van der Waals surface area contributed by atoms with Crippen LogP contribution in [0.2, 0.25) is 0 Å². The molecule has 0 atom stereocenters. The fourth-order valence-corrected chi connectivity index (χ4v) is 1.66. The topological polar surface area (TPSA) is 30.0 Å². The summed E-state index contributed by atoms with van der Waals surface area (Å²) in [6.07, 6.45) is 3.36. The molecule has 0 saturated carbocycles. The fraction of sp³-hybridized carbons (Fsp3) is 0.143. The van der Waals surface area contributed by atoms with Crippen LogP contribution >= 0.6 is 0 Å². The van der Waals surface area contributed by atoms with E-state index in [0.29, 0.717) is 5.56 Å². The van der Waals surface area contributed by atoms with Crippen molar-refractivity contribution in [1.82, 2.24) is 4.98 Å². The van der Waals surface area contributed by atoms with E-state index in [4.69, 9.17) is 0 Å². The van der Waals surface area contributed by atoms with Crippen LogP contribution in [-0.2, 0) is 0 Å². The maximum absolute atomic E-state index is 12.2. The molecule has 1 heterocycles. The third-order valence-electron chi connectivity index (χ3n) is 2.53. The highest BCUT2D eigenvalue weighted by Crippen LogP contribution is 2.13. The maximum atomic E-state index is 12.2. The molecular weight excluding hydrogens is 198 g/mol. The molecule has 1 aromatic heterocycles. The van der Waals surface area contributed by atoms with Crippen molar-refractivity contribution in [3.63, 3.8) is 0 Å². The van der Waals surface area contributed by atoms with Gasteiger partial charge in [0.2, 0.25) is 0 Å². The highest BCUT2D eigenvalue weighted by atomic mass is 16.1. The molecule has 0 unspecified atom stereocenters. The van der Waals surface area contributed by atoms with Crippen LogP contribution in [0.4, 0.5) is 0 Å². The van der Waals surface area contributed by atoms with E-state index < -0.39 is 0 Å². The van der Waals surface area contributed by atoms with Crippen molar-refractivity contribution in [2.24, 2.45) is 0 Å². The number of pyridine rings is 1. The second-order valence-corrected chi connectivity index (χ2v) is 3.90. The van der Waals surface area contributed by atoms with Gasteiger partial charge in [0.05, 0.1) is 0 Å². The van der Waals surface area contributed by atoms with Crippen LogP contribution in [0, 0.1) is 13.8 Å². The molecule has 2 aromatic rings. The van der Waals surface area contributed by atoms with Gasteiger partial charge in [-0.2, -0.15) is 0 Å². The summed E-state index contributed by atoms with van der Waals surface area (Å²) in [6.45, 7) is 3.87. The number of carbonyl (C=O) groups is 1. The summed E-state index contributed by atoms with van der Waals surface area (Å²) >= 11 is 0. The van der Waals surface area contributed by atoms with Gasteiger partial charge in [0.25, 0.3) is 0 Å². The molecule has 0 saturated heterocycles. The summed E-state index contributed by atoms with van der Waals surface area (Å²) in [5.74, 6) is 0.0364. The molecule has 0 N–H and O–H groups in total. The van der Waals surface area contributed by atoms with Crippen molar-refractivity contribution in [2.75, 3.05) is 0 Å². The van der Waals surface area contributed by atoms with Gasteiger partial charge in [0.15, 0.2) is 5.78 Å². The number of hydrogen-bond donors (Lipinski definition) is 0. The minimum Gasteiger partial charge on any atom is -0.289 e. The van der Waals surface area contributed by atoms with E-state index in [-0.39, 0.29) is 5.78 Å². The Kier molecular flexibility index (Phi) is 2.82. The van der Waals surface area contributed by atoms with Crippen molar-refractivity contribution in [3.8, 4) is 0 Å². The van der Waals surface area contributed by atoms with Crippen molar-refractivity contribution in [3.05, 3.63) is 65.0 Å². The van der Waals surface area contributed by atoms with Gasteiger partial charge in [-0.25, -0.2) is 0 Å². The van der Waals surface area contributed by atoms with Gasteiger partial charge in [-0.05, 0) is 31.0 Å². The van der Waals surface area contributed by atoms with Crippen molar-refractivity contribution >= 4 is 5.78 Å². The molecular formula is C14H13NO. The van der Waals surface area contributed by atoms with Gasteiger partial charge in [-0.1, -0.05) is 24.3 Å². The van der Waals surface area contributed by atoms with E-state index in [1.807, 2.05) is 44.2 Å². The molecule has 2 rings (SSSR count). The highest BCUT2D eigenvalue weighted by Gasteiger charge is 2.11. The SMILES string of the molecule is Cc1cncc(C(=O)c2ccccc2C)c1. The summed E-state index contributed by atoms with van der Waals surface area (Å²) in [6, 6.07) is 9.46. The van der Waals surface area contributed by atoms with Gasteiger partial charge in [0.1, 0.15) is 0 Å². The minimum absolute atomic E-state index is 0.0364. The highest BCUT2D eigenvalue weighted by molar-refractivity contribution is 6.09. The second kappa shape index (κ2) is 4.27. The maximum Gasteiger partial charge on any atom is 0.194 e. The number of carbonyl (C=O) groups excluding carboxylic acids is 1. The molecule has 0 spiro atoms. The number of benzene rings is 1. The van der Waals surface area contributed by atoms with Crippen LogP contribution in [0.1, 0.15) is 27.0 Å². The Balaban J connectivity index is 2.44. The van der Waals surface area contributed by atoms with E-state index in [2.05, 4.69) is 4.98 Å². The number of rotatable bonds is 2. The Bertz CT molecular complexity index is 532. The number of aromatic nitrogens is 1. The van der Waals surface area contributed by atoms with Gasteiger partial charge in [-0.15, -0.1) is 0 Å². The van der Waals surface area contributed by atoms with Gasteiger partial charge in [-0.3, -0.25) is 9.78 Å². The molecule has 16 heavy (non-hydrogen) atoms.